The van der Waals surface area contributed by atoms with Crippen LogP contribution in [0.3, 0.4) is 0 Å². The van der Waals surface area contributed by atoms with Crippen molar-refractivity contribution in [1.29, 1.82) is 0 Å². The number of carbonyl (C=O) groups is 1. The Kier molecular flexibility index (Phi) is 4.38. The number of aromatic nitrogens is 1. The van der Waals surface area contributed by atoms with Gasteiger partial charge in [-0.2, -0.15) is 0 Å². The smallest absolute Gasteiger partial charge is 0.166 e. The third-order valence-corrected chi connectivity index (χ3v) is 11.6. The summed E-state index contributed by atoms with van der Waals surface area (Å²) in [4.78, 5) is 20.4. The zero-order chi connectivity index (χ0) is 27.8. The van der Waals surface area contributed by atoms with Crippen molar-refractivity contribution in [2.24, 2.45) is 11.3 Å². The van der Waals surface area contributed by atoms with E-state index in [0.29, 0.717) is 12.2 Å². The number of piperidine rings is 1. The summed E-state index contributed by atoms with van der Waals surface area (Å²) in [6.07, 6.45) is 5.92. The van der Waals surface area contributed by atoms with Crippen LogP contribution in [0.2, 0.25) is 0 Å². The van der Waals surface area contributed by atoms with Crippen LogP contribution in [-0.4, -0.2) is 40.4 Å². The Morgan fingerprint density at radius 1 is 1.00 bits per heavy atom. The molecule has 4 aromatic carbocycles. The number of carbonyl (C=O) groups excluding carboxylic acids is 1. The summed E-state index contributed by atoms with van der Waals surface area (Å²) >= 11 is 0. The van der Waals surface area contributed by atoms with Gasteiger partial charge in [-0.15, -0.1) is 0 Å². The average molecular weight is 553 g/mol. The van der Waals surface area contributed by atoms with Crippen molar-refractivity contribution in [3.05, 3.63) is 95.2 Å². The zero-order valence-corrected chi connectivity index (χ0v) is 23.4. The first kappa shape index (κ1) is 23.5. The van der Waals surface area contributed by atoms with E-state index in [1.54, 1.807) is 6.07 Å². The molecule has 2 bridgehead atoms. The monoisotopic (exact) mass is 552 g/mol. The van der Waals surface area contributed by atoms with Crippen LogP contribution < -0.4 is 4.74 Å². The van der Waals surface area contributed by atoms with E-state index in [1.807, 2.05) is 0 Å². The first-order valence-corrected chi connectivity index (χ1v) is 15.5. The maximum absolute atomic E-state index is 13.8. The number of ether oxygens (including phenoxy) is 1. The normalized spacial score (nSPS) is 28.9. The van der Waals surface area contributed by atoms with E-state index in [4.69, 9.17) is 4.74 Å². The number of hydrogen-bond donors (Lipinski definition) is 2. The van der Waals surface area contributed by atoms with Gasteiger partial charge in [-0.25, -0.2) is 0 Å². The van der Waals surface area contributed by atoms with Crippen LogP contribution in [0.25, 0.3) is 32.8 Å². The van der Waals surface area contributed by atoms with Gasteiger partial charge in [0.05, 0.1) is 22.0 Å². The first-order chi connectivity index (χ1) is 20.6. The lowest BCUT2D eigenvalue weighted by atomic mass is 9.44. The van der Waals surface area contributed by atoms with E-state index in [2.05, 4.69) is 76.6 Å². The molecule has 2 aliphatic heterocycles. The summed E-state index contributed by atoms with van der Waals surface area (Å²) in [6.45, 7) is 2.04. The van der Waals surface area contributed by atoms with Gasteiger partial charge in [0.1, 0.15) is 12.4 Å². The fraction of sp³-hybridized carbons (Fsp3) is 0.324. The van der Waals surface area contributed by atoms with Crippen molar-refractivity contribution in [2.75, 3.05) is 13.1 Å². The van der Waals surface area contributed by atoms with Crippen LogP contribution >= 0.6 is 0 Å². The predicted octanol–water partition coefficient (Wildman–Crippen LogP) is 6.85. The number of phenols is 1. The van der Waals surface area contributed by atoms with Crippen LogP contribution in [0.1, 0.15) is 47.8 Å². The second kappa shape index (κ2) is 7.84. The van der Waals surface area contributed by atoms with Crippen molar-refractivity contribution in [2.45, 2.75) is 49.7 Å². The molecule has 42 heavy (non-hydrogen) atoms. The molecule has 3 aliphatic carbocycles. The highest BCUT2D eigenvalue weighted by Crippen LogP contribution is 2.72. The Balaban J connectivity index is 1.28. The number of aromatic hydroxyl groups is 1. The summed E-state index contributed by atoms with van der Waals surface area (Å²) in [6, 6.07) is 25.6. The Hall–Kier alpha value is -4.09. The average Bonchev–Trinajstić information content (AvgIpc) is 3.67. The standard InChI is InChI=1S/C37H32N2O3/c40-20-36-18-28-27-17-26(22-6-2-1-3-7-22)24-8-4-5-9-25(24)32(27)38-33(28)35-37(36)14-15-39(19-21-10-11-21)30(36)16-23-12-13-29(41)34(42-35)31(23)37/h1-9,12-13,17,20-21,30,35,38,41H,10-11,14-16,18-19H2/t30-,35+,36-,37+/m1/s1. The maximum Gasteiger partial charge on any atom is 0.166 e. The topological polar surface area (TPSA) is 65.6 Å². The molecular formula is C37H32N2O3. The Morgan fingerprint density at radius 2 is 1.81 bits per heavy atom. The lowest BCUT2D eigenvalue weighted by Gasteiger charge is -2.63. The molecule has 1 saturated carbocycles. The predicted molar refractivity (Wildman–Crippen MR) is 163 cm³/mol. The SMILES string of the molecule is O=C[C@@]12Cc3c([nH]c4c3cc(-c3ccccc3)c3ccccc34)[C@@H]3Oc4c(O)ccc5c4[C@@]31CCN(CC1CC1)[C@@H]2C5. The fourth-order valence-electron chi connectivity index (χ4n) is 9.65. The summed E-state index contributed by atoms with van der Waals surface area (Å²) in [5.41, 5.74) is 7.00. The molecule has 5 heteroatoms. The van der Waals surface area contributed by atoms with E-state index >= 15 is 0 Å². The van der Waals surface area contributed by atoms with Crippen LogP contribution in [-0.2, 0) is 23.1 Å². The third-order valence-electron chi connectivity index (χ3n) is 11.6. The largest absolute Gasteiger partial charge is 0.504 e. The number of fused-ring (bicyclic) bond motifs is 6. The van der Waals surface area contributed by atoms with Crippen LogP contribution in [0.4, 0.5) is 0 Å². The highest BCUT2D eigenvalue weighted by atomic mass is 16.5. The van der Waals surface area contributed by atoms with E-state index < -0.39 is 10.8 Å². The Bertz CT molecular complexity index is 1970. The first-order valence-electron chi connectivity index (χ1n) is 15.5. The van der Waals surface area contributed by atoms with Gasteiger partial charge in [-0.1, -0.05) is 60.7 Å². The number of phenolic OH excluding ortho intramolecular Hbond substituents is 1. The highest BCUT2D eigenvalue weighted by molar-refractivity contribution is 6.13. The van der Waals surface area contributed by atoms with Crippen molar-refractivity contribution in [3.8, 4) is 22.6 Å². The molecule has 5 aliphatic rings. The number of H-pyrrole nitrogens is 1. The molecule has 3 heterocycles. The van der Waals surface area contributed by atoms with E-state index in [9.17, 15) is 9.90 Å². The molecule has 5 nitrogen and oxygen atoms in total. The zero-order valence-electron chi connectivity index (χ0n) is 23.4. The molecular weight excluding hydrogens is 520 g/mol. The molecule has 0 radical (unpaired) electrons. The quantitative estimate of drug-likeness (QED) is 0.240. The maximum atomic E-state index is 13.8. The van der Waals surface area contributed by atoms with Crippen LogP contribution in [0, 0.1) is 11.3 Å². The molecule has 1 spiro atoms. The fourth-order valence-corrected chi connectivity index (χ4v) is 9.65. The van der Waals surface area contributed by atoms with Gasteiger partial charge < -0.3 is 19.6 Å². The second-order valence-electron chi connectivity index (χ2n) is 13.4. The molecule has 0 unspecified atom stereocenters. The van der Waals surface area contributed by atoms with Crippen molar-refractivity contribution < 1.29 is 14.6 Å². The van der Waals surface area contributed by atoms with Gasteiger partial charge in [0.25, 0.3) is 0 Å². The van der Waals surface area contributed by atoms with E-state index in [-0.39, 0.29) is 17.9 Å². The molecule has 2 fully saturated rings. The molecule has 1 aromatic heterocycles. The summed E-state index contributed by atoms with van der Waals surface area (Å²) < 4.78 is 6.89. The molecule has 4 atom stereocenters. The second-order valence-corrected chi connectivity index (χ2v) is 13.4. The Morgan fingerprint density at radius 3 is 2.62 bits per heavy atom. The van der Waals surface area contributed by atoms with Gasteiger partial charge >= 0.3 is 0 Å². The summed E-state index contributed by atoms with van der Waals surface area (Å²) in [5, 5.41) is 14.7. The molecule has 0 amide bonds. The number of nitrogens with zero attached hydrogens (tertiary/aromatic N) is 1. The number of benzene rings is 4. The van der Waals surface area contributed by atoms with Crippen molar-refractivity contribution in [1.82, 2.24) is 9.88 Å². The molecule has 208 valence electrons. The number of likely N-dealkylation sites (tertiary alicyclic amines) is 1. The summed E-state index contributed by atoms with van der Waals surface area (Å²) in [7, 11) is 0. The van der Waals surface area contributed by atoms with Gasteiger partial charge in [-0.3, -0.25) is 4.90 Å². The number of aromatic amines is 1. The minimum absolute atomic E-state index is 0.116. The van der Waals surface area contributed by atoms with Gasteiger partial charge in [0.15, 0.2) is 11.5 Å². The van der Waals surface area contributed by atoms with Gasteiger partial charge in [-0.05, 0) is 84.3 Å². The van der Waals surface area contributed by atoms with E-state index in [0.717, 1.165) is 48.6 Å². The number of aldehydes is 1. The lowest BCUT2D eigenvalue weighted by Crippen LogP contribution is -2.70. The number of nitrogens with one attached hydrogen (secondary N) is 1. The Labute approximate surface area is 244 Å². The molecule has 1 saturated heterocycles. The van der Waals surface area contributed by atoms with Crippen molar-refractivity contribution >= 4 is 28.0 Å². The minimum atomic E-state index is -0.627. The van der Waals surface area contributed by atoms with Crippen molar-refractivity contribution in [3.63, 3.8) is 0 Å². The molecule has 10 rings (SSSR count). The highest BCUT2D eigenvalue weighted by Gasteiger charge is 2.73. The number of hydrogen-bond acceptors (Lipinski definition) is 4. The summed E-state index contributed by atoms with van der Waals surface area (Å²) in [5.74, 6) is 1.53. The van der Waals surface area contributed by atoms with Crippen LogP contribution in [0.5, 0.6) is 11.5 Å². The van der Waals surface area contributed by atoms with Crippen LogP contribution in [0.15, 0.2) is 72.8 Å². The van der Waals surface area contributed by atoms with Gasteiger partial charge in [0.2, 0.25) is 0 Å². The number of rotatable bonds is 4. The third kappa shape index (κ3) is 2.67. The molecule has 5 aromatic rings. The van der Waals surface area contributed by atoms with Gasteiger partial charge in [0, 0.05) is 28.9 Å². The molecule has 2 N–H and O–H groups in total. The van der Waals surface area contributed by atoms with E-state index in [1.165, 1.54) is 57.5 Å². The minimum Gasteiger partial charge on any atom is -0.504 e. The lowest BCUT2D eigenvalue weighted by molar-refractivity contribution is -0.144.